The fraction of sp³-hybridized carbons (Fsp3) is 0.778. The molecule has 0 aromatic carbocycles. The van der Waals surface area contributed by atoms with Crippen LogP contribution >= 0.6 is 69.6 Å². The molecule has 0 aromatic rings. The third-order valence-electron chi connectivity index (χ3n) is 3.38. The summed E-state index contributed by atoms with van der Waals surface area (Å²) in [5.74, 6) is -1.50. The number of fused-ring (bicyclic) bond motifs is 2. The molecule has 2 nitrogen and oxygen atoms in total. The summed E-state index contributed by atoms with van der Waals surface area (Å²) in [6, 6.07) is 0. The molecule has 2 aliphatic carbocycles. The van der Waals surface area contributed by atoms with Gasteiger partial charge in [-0.05, 0) is 0 Å². The van der Waals surface area contributed by atoms with Crippen LogP contribution in [-0.4, -0.2) is 40.5 Å². The highest BCUT2D eigenvalue weighted by Crippen LogP contribution is 2.71. The summed E-state index contributed by atoms with van der Waals surface area (Å²) in [5, 5.41) is -1.34. The first kappa shape index (κ1) is 14.8. The minimum atomic E-state index is -1.50. The molecule has 0 saturated heterocycles. The van der Waals surface area contributed by atoms with Crippen LogP contribution in [0, 0.1) is 0 Å². The van der Waals surface area contributed by atoms with E-state index in [0.717, 1.165) is 0 Å². The Labute approximate surface area is 129 Å². The van der Waals surface area contributed by atoms with Gasteiger partial charge in [0.15, 0.2) is 9.75 Å². The second kappa shape index (κ2) is 4.20. The van der Waals surface area contributed by atoms with Crippen LogP contribution in [0.2, 0.25) is 0 Å². The van der Waals surface area contributed by atoms with E-state index in [9.17, 15) is 0 Å². The molecule has 0 aromatic heterocycles. The van der Waals surface area contributed by atoms with Crippen molar-refractivity contribution < 1.29 is 9.47 Å². The van der Waals surface area contributed by atoms with E-state index in [1.54, 1.807) is 0 Å². The smallest absolute Gasteiger partial charge is 0.220 e. The van der Waals surface area contributed by atoms with Crippen molar-refractivity contribution in [2.24, 2.45) is 0 Å². The largest absolute Gasteiger partial charge is 0.349 e. The van der Waals surface area contributed by atoms with Crippen molar-refractivity contribution >= 4 is 69.6 Å². The number of methoxy groups -OCH3 is 2. The monoisotopic (exact) mass is 358 g/mol. The Bertz CT molecular complexity index is 363. The van der Waals surface area contributed by atoms with Gasteiger partial charge in [-0.2, -0.15) is 0 Å². The molecule has 2 bridgehead atoms. The molecule has 2 rings (SSSR count). The maximum absolute atomic E-state index is 6.48. The van der Waals surface area contributed by atoms with Gasteiger partial charge in [-0.3, -0.25) is 0 Å². The summed E-state index contributed by atoms with van der Waals surface area (Å²) < 4.78 is 10.7. The van der Waals surface area contributed by atoms with Gasteiger partial charge < -0.3 is 9.47 Å². The lowest BCUT2D eigenvalue weighted by molar-refractivity contribution is -0.216. The Hall–Kier alpha value is 1.40. The van der Waals surface area contributed by atoms with Crippen LogP contribution in [-0.2, 0) is 9.47 Å². The number of halogens is 6. The van der Waals surface area contributed by atoms with Gasteiger partial charge in [-0.25, -0.2) is 0 Å². The van der Waals surface area contributed by atoms with Crippen LogP contribution in [0.5, 0.6) is 0 Å². The van der Waals surface area contributed by atoms with Gasteiger partial charge in [-0.15, -0.1) is 46.4 Å². The lowest BCUT2D eigenvalue weighted by Crippen LogP contribution is -2.57. The van der Waals surface area contributed by atoms with Gasteiger partial charge in [0.25, 0.3) is 0 Å². The minimum absolute atomic E-state index is 0.108. The van der Waals surface area contributed by atoms with Gasteiger partial charge >= 0.3 is 0 Å². The third-order valence-corrected chi connectivity index (χ3v) is 7.50. The zero-order valence-electron chi connectivity index (χ0n) is 8.74. The number of ether oxygens (including phenoxy) is 2. The molecule has 0 spiro atoms. The molecule has 4 atom stereocenters. The molecular weight excluding hydrogens is 353 g/mol. The lowest BCUT2D eigenvalue weighted by atomic mass is 10.0. The van der Waals surface area contributed by atoms with Crippen molar-refractivity contribution in [3.05, 3.63) is 10.1 Å². The topological polar surface area (TPSA) is 18.5 Å². The molecule has 0 heterocycles. The van der Waals surface area contributed by atoms with Crippen LogP contribution < -0.4 is 0 Å². The molecule has 0 radical (unpaired) electrons. The van der Waals surface area contributed by atoms with E-state index in [-0.39, 0.29) is 10.1 Å². The van der Waals surface area contributed by atoms with Gasteiger partial charge in [0.1, 0.15) is 0 Å². The highest BCUT2D eigenvalue weighted by molar-refractivity contribution is 6.56. The molecule has 17 heavy (non-hydrogen) atoms. The van der Waals surface area contributed by atoms with Crippen molar-refractivity contribution in [2.45, 2.75) is 26.3 Å². The number of rotatable bonds is 2. The van der Waals surface area contributed by atoms with Gasteiger partial charge in [0.2, 0.25) is 5.79 Å². The summed E-state index contributed by atoms with van der Waals surface area (Å²) in [6.45, 7) is 0. The first-order valence-electron chi connectivity index (χ1n) is 4.58. The Kier molecular flexibility index (Phi) is 3.65. The van der Waals surface area contributed by atoms with E-state index < -0.39 is 26.3 Å². The number of hydrogen-bond donors (Lipinski definition) is 0. The molecule has 1 fully saturated rings. The van der Waals surface area contributed by atoms with Crippen LogP contribution in [0.4, 0.5) is 0 Å². The van der Waals surface area contributed by atoms with Crippen molar-refractivity contribution in [1.82, 2.24) is 0 Å². The van der Waals surface area contributed by atoms with E-state index in [2.05, 4.69) is 0 Å². The molecule has 3 unspecified atom stereocenters. The predicted molar refractivity (Wildman–Crippen MR) is 71.9 cm³/mol. The average Bonchev–Trinajstić information content (AvgIpc) is 2.54. The normalized spacial score (nSPS) is 48.0. The Balaban J connectivity index is 2.77. The first-order valence-corrected chi connectivity index (χ1v) is 6.96. The Morgan fingerprint density at radius 2 is 1.18 bits per heavy atom. The minimum Gasteiger partial charge on any atom is -0.349 e. The van der Waals surface area contributed by atoms with Crippen LogP contribution in [0.15, 0.2) is 10.1 Å². The third kappa shape index (κ3) is 1.25. The highest BCUT2D eigenvalue weighted by atomic mass is 35.5. The molecule has 0 N–H and O–H groups in total. The fourth-order valence-corrected chi connectivity index (χ4v) is 5.66. The second-order valence-corrected chi connectivity index (χ2v) is 6.77. The van der Waals surface area contributed by atoms with Gasteiger partial charge in [0, 0.05) is 14.2 Å². The molecule has 8 heteroatoms. The summed E-state index contributed by atoms with van der Waals surface area (Å²) >= 11 is 37.6. The van der Waals surface area contributed by atoms with Crippen LogP contribution in [0.25, 0.3) is 0 Å². The van der Waals surface area contributed by atoms with E-state index in [1.807, 2.05) is 0 Å². The molecule has 98 valence electrons. The lowest BCUT2D eigenvalue weighted by Gasteiger charge is -2.40. The van der Waals surface area contributed by atoms with Crippen molar-refractivity contribution in [2.75, 3.05) is 14.2 Å². The Morgan fingerprint density at radius 1 is 0.882 bits per heavy atom. The van der Waals surface area contributed by atoms with E-state index in [0.29, 0.717) is 0 Å². The average molecular weight is 361 g/mol. The SMILES string of the molecule is COC1(OC)C2(Cl)C(Cl)=C(Cl)[C@@]1(Cl)C(Cl)C2Cl. The van der Waals surface area contributed by atoms with E-state index >= 15 is 0 Å². The molecule has 2 aliphatic rings. The van der Waals surface area contributed by atoms with Crippen molar-refractivity contribution in [1.29, 1.82) is 0 Å². The summed E-state index contributed by atoms with van der Waals surface area (Å²) in [5.41, 5.74) is 0. The number of alkyl halides is 4. The first-order chi connectivity index (χ1) is 7.75. The summed E-state index contributed by atoms with van der Waals surface area (Å²) in [4.78, 5) is -2.82. The molecular formula is C9H8Cl6O2. The van der Waals surface area contributed by atoms with Gasteiger partial charge in [0.05, 0.1) is 20.8 Å². The maximum atomic E-state index is 6.48. The number of hydrogen-bond acceptors (Lipinski definition) is 2. The Morgan fingerprint density at radius 3 is 1.35 bits per heavy atom. The predicted octanol–water partition coefficient (Wildman–Crippen LogP) is 3.86. The van der Waals surface area contributed by atoms with E-state index in [4.69, 9.17) is 79.1 Å². The van der Waals surface area contributed by atoms with Crippen LogP contribution in [0.3, 0.4) is 0 Å². The standard InChI is InChI=1S/C9H8Cl6O2/c1-16-9(17-2)7(14)3(10)4(11)8(9,15)6(13)5(7)12/h3-4H,1-2H3/t3?,4?,7-,8?/m0/s1. The molecule has 1 saturated carbocycles. The quantitative estimate of drug-likeness (QED) is 0.550. The fourth-order valence-electron chi connectivity index (χ4n) is 2.56. The van der Waals surface area contributed by atoms with Crippen molar-refractivity contribution in [3.8, 4) is 0 Å². The highest BCUT2D eigenvalue weighted by Gasteiger charge is 2.84. The molecule has 0 amide bonds. The maximum Gasteiger partial charge on any atom is 0.220 e. The summed E-state index contributed by atoms with van der Waals surface area (Å²) in [6.07, 6.45) is 0. The summed E-state index contributed by atoms with van der Waals surface area (Å²) in [7, 11) is 2.77. The van der Waals surface area contributed by atoms with E-state index in [1.165, 1.54) is 14.2 Å². The molecule has 0 aliphatic heterocycles. The van der Waals surface area contributed by atoms with Crippen molar-refractivity contribution in [3.63, 3.8) is 0 Å². The zero-order valence-corrected chi connectivity index (χ0v) is 13.3. The zero-order chi connectivity index (χ0) is 13.2. The van der Waals surface area contributed by atoms with Gasteiger partial charge in [-0.1, -0.05) is 23.2 Å². The second-order valence-electron chi connectivity index (χ2n) is 3.88. The van der Waals surface area contributed by atoms with Crippen LogP contribution in [0.1, 0.15) is 0 Å².